The van der Waals surface area contributed by atoms with Gasteiger partial charge in [0.15, 0.2) is 0 Å². The Bertz CT molecular complexity index is 452. The summed E-state index contributed by atoms with van der Waals surface area (Å²) < 4.78 is 14.0. The number of phenolic OH excluding ortho intramolecular Hbond substituents is 1. The first-order valence-corrected chi connectivity index (χ1v) is 5.09. The predicted octanol–water partition coefficient (Wildman–Crippen LogP) is 3.48. The van der Waals surface area contributed by atoms with Crippen molar-refractivity contribution in [3.8, 4) is 5.75 Å². The SMILES string of the molecule is Oc1c(CCl)c(F)cc2sccc12. The van der Waals surface area contributed by atoms with Gasteiger partial charge in [-0.25, -0.2) is 4.39 Å². The molecule has 0 unspecified atom stereocenters. The van der Waals surface area contributed by atoms with Crippen LogP contribution in [-0.2, 0) is 5.88 Å². The molecule has 0 spiro atoms. The summed E-state index contributed by atoms with van der Waals surface area (Å²) in [4.78, 5) is 0. The summed E-state index contributed by atoms with van der Waals surface area (Å²) in [7, 11) is 0. The predicted molar refractivity (Wildman–Crippen MR) is 53.0 cm³/mol. The van der Waals surface area contributed by atoms with Gasteiger partial charge >= 0.3 is 0 Å². The lowest BCUT2D eigenvalue weighted by Gasteiger charge is -2.03. The molecule has 0 saturated carbocycles. The second kappa shape index (κ2) is 3.16. The Balaban J connectivity index is 2.85. The van der Waals surface area contributed by atoms with E-state index in [2.05, 4.69) is 0 Å². The molecule has 0 atom stereocenters. The summed E-state index contributed by atoms with van der Waals surface area (Å²) in [6, 6.07) is 3.16. The van der Waals surface area contributed by atoms with Crippen molar-refractivity contribution in [3.05, 3.63) is 28.9 Å². The molecule has 4 heteroatoms. The monoisotopic (exact) mass is 216 g/mol. The zero-order chi connectivity index (χ0) is 9.42. The maximum Gasteiger partial charge on any atom is 0.132 e. The smallest absolute Gasteiger partial charge is 0.132 e. The Morgan fingerprint density at radius 2 is 2.31 bits per heavy atom. The number of phenols is 1. The van der Waals surface area contributed by atoms with Crippen molar-refractivity contribution in [1.82, 2.24) is 0 Å². The molecule has 2 aromatic rings. The lowest BCUT2D eigenvalue weighted by molar-refractivity contribution is 0.469. The number of benzene rings is 1. The molecule has 0 fully saturated rings. The second-order valence-electron chi connectivity index (χ2n) is 2.65. The lowest BCUT2D eigenvalue weighted by atomic mass is 10.1. The molecular formula is C9H6ClFOS. The van der Waals surface area contributed by atoms with Crippen molar-refractivity contribution in [2.75, 3.05) is 0 Å². The number of thiophene rings is 1. The number of aromatic hydroxyl groups is 1. The number of hydrogen-bond acceptors (Lipinski definition) is 2. The molecule has 68 valence electrons. The summed E-state index contributed by atoms with van der Waals surface area (Å²) in [6.45, 7) is 0. The van der Waals surface area contributed by atoms with Crippen LogP contribution in [0, 0.1) is 5.82 Å². The zero-order valence-electron chi connectivity index (χ0n) is 6.55. The topological polar surface area (TPSA) is 20.2 Å². The van der Waals surface area contributed by atoms with Gasteiger partial charge in [0.05, 0.1) is 5.88 Å². The van der Waals surface area contributed by atoms with Gasteiger partial charge in [-0.3, -0.25) is 0 Å². The molecule has 0 aliphatic carbocycles. The molecule has 0 aliphatic heterocycles. The largest absolute Gasteiger partial charge is 0.507 e. The molecule has 0 amide bonds. The number of hydrogen-bond donors (Lipinski definition) is 1. The minimum Gasteiger partial charge on any atom is -0.507 e. The van der Waals surface area contributed by atoms with Gasteiger partial charge in [-0.2, -0.15) is 0 Å². The first kappa shape index (κ1) is 8.78. The molecule has 1 N–H and O–H groups in total. The molecule has 1 aromatic carbocycles. The molecule has 1 aromatic heterocycles. The van der Waals surface area contributed by atoms with E-state index in [0.29, 0.717) is 5.39 Å². The fourth-order valence-corrected chi connectivity index (χ4v) is 2.30. The van der Waals surface area contributed by atoms with Gasteiger partial charge in [0.1, 0.15) is 11.6 Å². The number of rotatable bonds is 1. The first-order valence-electron chi connectivity index (χ1n) is 3.67. The Labute approximate surface area is 83.4 Å². The first-order chi connectivity index (χ1) is 6.24. The van der Waals surface area contributed by atoms with E-state index in [4.69, 9.17) is 11.6 Å². The highest BCUT2D eigenvalue weighted by Gasteiger charge is 2.12. The number of halogens is 2. The third-order valence-corrected chi connectivity index (χ3v) is 3.05. The molecule has 0 bridgehead atoms. The van der Waals surface area contributed by atoms with E-state index in [-0.39, 0.29) is 17.2 Å². The van der Waals surface area contributed by atoms with Crippen molar-refractivity contribution in [1.29, 1.82) is 0 Å². The molecule has 1 nitrogen and oxygen atoms in total. The summed E-state index contributed by atoms with van der Waals surface area (Å²) in [5.41, 5.74) is 0.174. The van der Waals surface area contributed by atoms with Gasteiger partial charge in [-0.05, 0) is 17.5 Å². The van der Waals surface area contributed by atoms with Crippen LogP contribution in [-0.4, -0.2) is 5.11 Å². The molecule has 0 saturated heterocycles. The van der Waals surface area contributed by atoms with Crippen LogP contribution in [0.4, 0.5) is 4.39 Å². The third kappa shape index (κ3) is 1.28. The maximum atomic E-state index is 13.2. The second-order valence-corrected chi connectivity index (χ2v) is 3.87. The fourth-order valence-electron chi connectivity index (χ4n) is 1.23. The van der Waals surface area contributed by atoms with Crippen LogP contribution >= 0.6 is 22.9 Å². The number of fused-ring (bicyclic) bond motifs is 1. The summed E-state index contributed by atoms with van der Waals surface area (Å²) in [6.07, 6.45) is 0. The van der Waals surface area contributed by atoms with Gasteiger partial charge < -0.3 is 5.11 Å². The van der Waals surface area contributed by atoms with Crippen molar-refractivity contribution >= 4 is 33.0 Å². The van der Waals surface area contributed by atoms with Crippen molar-refractivity contribution in [2.24, 2.45) is 0 Å². The average molecular weight is 217 g/mol. The molecule has 0 aliphatic rings. The van der Waals surface area contributed by atoms with Crippen molar-refractivity contribution < 1.29 is 9.50 Å². The van der Waals surface area contributed by atoms with Crippen LogP contribution in [0.25, 0.3) is 10.1 Å². The van der Waals surface area contributed by atoms with Gasteiger partial charge in [-0.1, -0.05) is 0 Å². The highest BCUT2D eigenvalue weighted by atomic mass is 35.5. The summed E-state index contributed by atoms with van der Waals surface area (Å²) in [5, 5.41) is 12.1. The van der Waals surface area contributed by atoms with Crippen LogP contribution in [0.1, 0.15) is 5.56 Å². The zero-order valence-corrected chi connectivity index (χ0v) is 8.12. The normalized spacial score (nSPS) is 10.9. The Hall–Kier alpha value is -0.800. The van der Waals surface area contributed by atoms with Gasteiger partial charge in [0.2, 0.25) is 0 Å². The fraction of sp³-hybridized carbons (Fsp3) is 0.111. The summed E-state index contributed by atoms with van der Waals surface area (Å²) in [5.74, 6) is -0.489. The van der Waals surface area contributed by atoms with Crippen LogP contribution in [0.3, 0.4) is 0 Å². The Kier molecular flexibility index (Phi) is 2.14. The van der Waals surface area contributed by atoms with Gasteiger partial charge in [-0.15, -0.1) is 22.9 Å². The van der Waals surface area contributed by atoms with Crippen LogP contribution in [0.15, 0.2) is 17.5 Å². The Morgan fingerprint density at radius 1 is 1.54 bits per heavy atom. The molecular weight excluding hydrogens is 211 g/mol. The lowest BCUT2D eigenvalue weighted by Crippen LogP contribution is -1.86. The van der Waals surface area contributed by atoms with Gasteiger partial charge in [0.25, 0.3) is 0 Å². The number of alkyl halides is 1. The Morgan fingerprint density at radius 3 is 3.00 bits per heavy atom. The molecule has 13 heavy (non-hydrogen) atoms. The highest BCUT2D eigenvalue weighted by molar-refractivity contribution is 7.17. The minimum absolute atomic E-state index is 0.0105. The quantitative estimate of drug-likeness (QED) is 0.724. The highest BCUT2D eigenvalue weighted by Crippen LogP contribution is 2.34. The molecule has 2 rings (SSSR count). The van der Waals surface area contributed by atoms with E-state index >= 15 is 0 Å². The summed E-state index contributed by atoms with van der Waals surface area (Å²) >= 11 is 6.90. The van der Waals surface area contributed by atoms with E-state index < -0.39 is 5.82 Å². The van der Waals surface area contributed by atoms with E-state index in [1.807, 2.05) is 5.38 Å². The van der Waals surface area contributed by atoms with E-state index in [9.17, 15) is 9.50 Å². The van der Waals surface area contributed by atoms with E-state index in [0.717, 1.165) is 4.70 Å². The van der Waals surface area contributed by atoms with Gasteiger partial charge in [0, 0.05) is 15.6 Å². The van der Waals surface area contributed by atoms with Crippen LogP contribution in [0.5, 0.6) is 5.75 Å². The standard InChI is InChI=1S/C9H6ClFOS/c10-4-6-7(11)3-8-5(9(6)12)1-2-13-8/h1-3,12H,4H2. The molecule has 1 heterocycles. The van der Waals surface area contributed by atoms with Crippen molar-refractivity contribution in [2.45, 2.75) is 5.88 Å². The van der Waals surface area contributed by atoms with Crippen LogP contribution in [0.2, 0.25) is 0 Å². The third-order valence-electron chi connectivity index (χ3n) is 1.92. The average Bonchev–Trinajstić information content (AvgIpc) is 2.53. The van der Waals surface area contributed by atoms with E-state index in [1.165, 1.54) is 17.4 Å². The minimum atomic E-state index is -0.442. The molecule has 0 radical (unpaired) electrons. The van der Waals surface area contributed by atoms with E-state index in [1.54, 1.807) is 6.07 Å². The van der Waals surface area contributed by atoms with Crippen molar-refractivity contribution in [3.63, 3.8) is 0 Å². The maximum absolute atomic E-state index is 13.2. The van der Waals surface area contributed by atoms with Crippen LogP contribution < -0.4 is 0 Å².